The molecule has 0 aliphatic heterocycles. The van der Waals surface area contributed by atoms with Gasteiger partial charge in [-0.1, -0.05) is 83.1 Å². The second kappa shape index (κ2) is 29.7. The number of alkyl halides is 6. The molecule has 0 radical (unpaired) electrons. The molecule has 5 aromatic rings. The Kier molecular flexibility index (Phi) is 27.1. The molecule has 0 spiro atoms. The van der Waals surface area contributed by atoms with Crippen molar-refractivity contribution < 1.29 is 109 Å². The van der Waals surface area contributed by atoms with Crippen LogP contribution in [0.25, 0.3) is 0 Å². The number of phenolic OH excluding ortho intramolecular Hbond substituents is 5. The highest BCUT2D eigenvalue weighted by Gasteiger charge is 2.31. The Labute approximate surface area is 455 Å². The third-order valence-corrected chi connectivity index (χ3v) is 9.99. The molecule has 5 aromatic carbocycles. The molecule has 24 heteroatoms. The molecule has 79 heavy (non-hydrogen) atoms. The number of hydrogen-bond donors (Lipinski definition) is 10. The maximum atomic E-state index is 12.2. The lowest BCUT2D eigenvalue weighted by Gasteiger charge is -2.28. The average Bonchev–Trinajstić information content (AvgIpc) is 3.29. The molecule has 0 aliphatic rings. The number of halogens is 6. The van der Waals surface area contributed by atoms with Crippen LogP contribution < -0.4 is 0 Å². The van der Waals surface area contributed by atoms with Gasteiger partial charge in [0.2, 0.25) is 0 Å². The van der Waals surface area contributed by atoms with Crippen LogP contribution in [-0.4, -0.2) is 102 Å². The van der Waals surface area contributed by atoms with E-state index in [-0.39, 0.29) is 63.2 Å². The van der Waals surface area contributed by atoms with Crippen LogP contribution in [0.5, 0.6) is 28.7 Å². The molecule has 0 aromatic heterocycles. The summed E-state index contributed by atoms with van der Waals surface area (Å²) in [6.45, 7) is 21.4. The van der Waals surface area contributed by atoms with E-state index in [4.69, 9.17) is 42.7 Å². The van der Waals surface area contributed by atoms with Crippen LogP contribution in [0.4, 0.5) is 26.3 Å². The fraction of sp³-hybridized carbons (Fsp3) is 0.400. The SMILES string of the molecule is CC(C)(C)c1cc(CO)cc(C(C)(C)C)c1O.CC(C)(C)c1cc(COC(=O)c2ccc(O)cc2)cc(C(C)(C)C)c1O.O=C(O)c1ccc(O)cc1.O=C(OCC(F)(F)F)c1ccc(O)cc1.O=S(=O)(O)O.OCC(F)(F)F. The lowest BCUT2D eigenvalue weighted by molar-refractivity contribution is -0.161. The van der Waals surface area contributed by atoms with Gasteiger partial charge in [0.25, 0.3) is 0 Å². The maximum Gasteiger partial charge on any atom is 0.422 e. The first-order chi connectivity index (χ1) is 35.6. The third kappa shape index (κ3) is 29.4. The number of carbonyl (C=O) groups excluding carboxylic acids is 2. The van der Waals surface area contributed by atoms with Crippen molar-refractivity contribution in [2.45, 2.75) is 130 Å². The summed E-state index contributed by atoms with van der Waals surface area (Å²) in [5.74, 6) is -1.75. The molecule has 0 bridgehead atoms. The Bertz CT molecular complexity index is 2760. The van der Waals surface area contributed by atoms with Crippen LogP contribution in [0, 0.1) is 0 Å². The van der Waals surface area contributed by atoms with Crippen LogP contribution in [0.15, 0.2) is 97.1 Å². The van der Waals surface area contributed by atoms with Gasteiger partial charge in [0.05, 0.1) is 23.3 Å². The minimum absolute atomic E-state index is 0.00639. The number of aromatic carboxylic acids is 1. The number of carbonyl (C=O) groups is 3. The number of aliphatic hydroxyl groups excluding tert-OH is 2. The van der Waals surface area contributed by atoms with Crippen molar-refractivity contribution in [1.29, 1.82) is 0 Å². The highest BCUT2D eigenvalue weighted by molar-refractivity contribution is 7.79. The molecule has 0 saturated carbocycles. The van der Waals surface area contributed by atoms with Gasteiger partial charge in [-0.3, -0.25) is 9.11 Å². The number of rotatable bonds is 7. The zero-order valence-corrected chi connectivity index (χ0v) is 46.4. The van der Waals surface area contributed by atoms with Gasteiger partial charge in [-0.25, -0.2) is 14.4 Å². The van der Waals surface area contributed by atoms with Crippen molar-refractivity contribution >= 4 is 28.3 Å². The third-order valence-electron chi connectivity index (χ3n) is 9.99. The molecular weight excluding hydrogens is 1080 g/mol. The lowest BCUT2D eigenvalue weighted by Crippen LogP contribution is -2.20. The molecule has 0 amide bonds. The van der Waals surface area contributed by atoms with Crippen LogP contribution in [0.1, 0.15) is 148 Å². The molecular formula is C55H70F6O17S. The smallest absolute Gasteiger partial charge is 0.422 e. The minimum atomic E-state index is -4.67. The van der Waals surface area contributed by atoms with Crippen molar-refractivity contribution in [3.8, 4) is 28.7 Å². The van der Waals surface area contributed by atoms with Crippen molar-refractivity contribution in [3.63, 3.8) is 0 Å². The maximum absolute atomic E-state index is 12.2. The summed E-state index contributed by atoms with van der Waals surface area (Å²) >= 11 is 0. The lowest BCUT2D eigenvalue weighted by atomic mass is 9.78. The summed E-state index contributed by atoms with van der Waals surface area (Å²) in [6, 6.07) is 23.6. The first-order valence-electron chi connectivity index (χ1n) is 23.3. The average molecular weight is 1150 g/mol. The monoisotopic (exact) mass is 1150 g/mol. The Morgan fingerprint density at radius 1 is 0.456 bits per heavy atom. The van der Waals surface area contributed by atoms with Gasteiger partial charge < -0.3 is 50.3 Å². The van der Waals surface area contributed by atoms with Crippen LogP contribution in [0.3, 0.4) is 0 Å². The fourth-order valence-electron chi connectivity index (χ4n) is 6.11. The first-order valence-corrected chi connectivity index (χ1v) is 24.7. The van der Waals surface area contributed by atoms with E-state index in [2.05, 4.69) is 46.3 Å². The van der Waals surface area contributed by atoms with Crippen LogP contribution in [0.2, 0.25) is 0 Å². The number of esters is 2. The zero-order chi connectivity index (χ0) is 61.9. The van der Waals surface area contributed by atoms with E-state index in [1.54, 1.807) is 0 Å². The second-order valence-electron chi connectivity index (χ2n) is 21.2. The highest BCUT2D eigenvalue weighted by atomic mass is 32.3. The molecule has 10 N–H and O–H groups in total. The van der Waals surface area contributed by atoms with Crippen molar-refractivity contribution in [2.75, 3.05) is 13.2 Å². The van der Waals surface area contributed by atoms with Gasteiger partial charge in [0, 0.05) is 0 Å². The molecule has 0 heterocycles. The van der Waals surface area contributed by atoms with E-state index in [1.165, 1.54) is 72.8 Å². The van der Waals surface area contributed by atoms with E-state index in [1.807, 2.05) is 65.8 Å². The number of benzene rings is 5. The summed E-state index contributed by atoms with van der Waals surface area (Å²) in [4.78, 5) is 33.4. The van der Waals surface area contributed by atoms with Gasteiger partial charge in [-0.15, -0.1) is 0 Å². The van der Waals surface area contributed by atoms with E-state index in [9.17, 15) is 61.2 Å². The molecule has 5 rings (SSSR count). The predicted molar refractivity (Wildman–Crippen MR) is 281 cm³/mol. The molecule has 0 saturated heterocycles. The van der Waals surface area contributed by atoms with Gasteiger partial charge in [-0.2, -0.15) is 34.8 Å². The Morgan fingerprint density at radius 2 is 0.709 bits per heavy atom. The highest BCUT2D eigenvalue weighted by Crippen LogP contribution is 2.41. The summed E-state index contributed by atoms with van der Waals surface area (Å²) in [5, 5.41) is 73.1. The number of ether oxygens (including phenoxy) is 2. The molecule has 0 atom stereocenters. The molecule has 17 nitrogen and oxygen atoms in total. The van der Waals surface area contributed by atoms with Crippen LogP contribution >= 0.6 is 0 Å². The topological polar surface area (TPSA) is 306 Å². The van der Waals surface area contributed by atoms with Crippen molar-refractivity contribution in [1.82, 2.24) is 0 Å². The van der Waals surface area contributed by atoms with E-state index in [0.29, 0.717) is 17.1 Å². The van der Waals surface area contributed by atoms with Gasteiger partial charge in [0.15, 0.2) is 6.61 Å². The molecule has 0 aliphatic carbocycles. The van der Waals surface area contributed by atoms with Gasteiger partial charge in [0.1, 0.15) is 42.0 Å². The second-order valence-corrected chi connectivity index (χ2v) is 22.1. The Morgan fingerprint density at radius 3 is 0.937 bits per heavy atom. The largest absolute Gasteiger partial charge is 0.508 e. The number of aromatic hydroxyl groups is 5. The minimum Gasteiger partial charge on any atom is -0.508 e. The van der Waals surface area contributed by atoms with E-state index in [0.717, 1.165) is 33.4 Å². The zero-order valence-electron chi connectivity index (χ0n) is 45.6. The number of hydrogen-bond acceptors (Lipinski definition) is 14. The van der Waals surface area contributed by atoms with E-state index >= 15 is 0 Å². The Hall–Kier alpha value is -7.12. The van der Waals surface area contributed by atoms with Gasteiger partial charge in [-0.05, 0) is 152 Å². The number of carboxylic acids is 1. The summed E-state index contributed by atoms with van der Waals surface area (Å²) < 4.78 is 108. The van der Waals surface area contributed by atoms with Crippen LogP contribution in [-0.2, 0) is 54.7 Å². The number of phenols is 5. The van der Waals surface area contributed by atoms with E-state index < -0.39 is 53.9 Å². The van der Waals surface area contributed by atoms with Gasteiger partial charge >= 0.3 is 40.7 Å². The quantitative estimate of drug-likeness (QED) is 0.0411. The molecule has 0 unspecified atom stereocenters. The summed E-state index contributed by atoms with van der Waals surface area (Å²) in [5.41, 5.74) is 4.95. The molecule has 440 valence electrons. The fourth-order valence-corrected chi connectivity index (χ4v) is 6.11. The standard InChI is InChI=1S/C22H28O4.C15H24O2.C9H7F3O3.C7H6O3.C2H3F3O.H2O4S/c1-21(2,3)17-11-14(12-18(19(17)24)22(4,5)6)13-26-20(25)15-7-9-16(23)10-8-15;1-14(2,3)11-7-10(9-16)8-12(13(11)17)15(4,5)6;10-9(11,12)5-15-8(14)6-1-3-7(13)4-2-6;8-6-3-1-5(2-4-6)7(9)10;3-2(4,5)1-6;1-5(2,3)4/h7-12,23-24H,13H2,1-6H3;7-8,16-17H,9H2,1-6H3;1-4,13H,5H2;1-4,8H,(H,9,10);6H,1H2;(H2,1,2,3,4). The molecule has 0 fully saturated rings. The Balaban J connectivity index is 0.00000100. The first kappa shape index (κ1) is 71.9. The number of aliphatic hydroxyl groups is 2. The number of carboxylic acid groups (broad SMARTS) is 1. The normalized spacial score (nSPS) is 11.7. The van der Waals surface area contributed by atoms with Crippen molar-refractivity contribution in [2.24, 2.45) is 0 Å². The summed E-state index contributed by atoms with van der Waals surface area (Å²) in [7, 11) is -4.67. The summed E-state index contributed by atoms with van der Waals surface area (Å²) in [6.07, 6.45) is -8.94. The predicted octanol–water partition coefficient (Wildman–Crippen LogP) is 11.6. The van der Waals surface area contributed by atoms with Crippen molar-refractivity contribution in [3.05, 3.63) is 147 Å².